The molecule has 0 bridgehead atoms. The lowest BCUT2D eigenvalue weighted by molar-refractivity contribution is 0.939. The Hall–Kier alpha value is -1.41. The maximum atomic E-state index is 5.95. The largest absolute Gasteiger partial charge is 0.399 e. The van der Waals surface area contributed by atoms with Crippen LogP contribution in [0.1, 0.15) is 18.1 Å². The maximum Gasteiger partial charge on any atom is 0.0346 e. The second-order valence-electron chi connectivity index (χ2n) is 4.82. The van der Waals surface area contributed by atoms with E-state index in [4.69, 9.17) is 5.73 Å². The summed E-state index contributed by atoms with van der Waals surface area (Å²) in [6.07, 6.45) is 2.19. The van der Waals surface area contributed by atoms with Crippen LogP contribution in [0.25, 0.3) is 0 Å². The molecule has 0 radical (unpaired) electrons. The summed E-state index contributed by atoms with van der Waals surface area (Å²) in [7, 11) is 0. The molecule has 0 saturated carbocycles. The number of para-hydroxylation sites is 1. The number of aryl methyl sites for hydroxylation is 1. The molecule has 1 atom stereocenters. The third-order valence-corrected chi connectivity index (χ3v) is 4.37. The number of nitrogens with two attached hydrogens (primary N) is 1. The van der Waals surface area contributed by atoms with Crippen molar-refractivity contribution in [3.63, 3.8) is 0 Å². The lowest BCUT2D eigenvalue weighted by Gasteiger charge is -2.12. The van der Waals surface area contributed by atoms with Crippen LogP contribution in [0, 0.1) is 0 Å². The van der Waals surface area contributed by atoms with Crippen LogP contribution >= 0.6 is 11.8 Å². The van der Waals surface area contributed by atoms with Gasteiger partial charge in [0.25, 0.3) is 0 Å². The van der Waals surface area contributed by atoms with Crippen molar-refractivity contribution < 1.29 is 0 Å². The lowest BCUT2D eigenvalue weighted by atomic mass is 10.1. The molecular formula is C17H21NS. The van der Waals surface area contributed by atoms with Crippen LogP contribution in [0.15, 0.2) is 54.6 Å². The van der Waals surface area contributed by atoms with Gasteiger partial charge in [-0.25, -0.2) is 0 Å². The quantitative estimate of drug-likeness (QED) is 0.798. The summed E-state index contributed by atoms with van der Waals surface area (Å²) >= 11 is 2.02. The molecule has 0 fully saturated rings. The Bertz CT molecular complexity index is 496. The lowest BCUT2D eigenvalue weighted by Crippen LogP contribution is -2.04. The zero-order valence-corrected chi connectivity index (χ0v) is 12.2. The molecule has 1 nitrogen and oxygen atoms in total. The van der Waals surface area contributed by atoms with Crippen LogP contribution in [0.3, 0.4) is 0 Å². The summed E-state index contributed by atoms with van der Waals surface area (Å²) < 4.78 is 0. The van der Waals surface area contributed by atoms with Crippen LogP contribution in [0.2, 0.25) is 0 Å². The fourth-order valence-electron chi connectivity index (χ4n) is 2.14. The molecule has 100 valence electrons. The summed E-state index contributed by atoms with van der Waals surface area (Å²) in [5, 5.41) is 0.646. The Kier molecular flexibility index (Phi) is 5.34. The van der Waals surface area contributed by atoms with Gasteiger partial charge in [0.05, 0.1) is 0 Å². The molecule has 0 aliphatic carbocycles. The van der Waals surface area contributed by atoms with Gasteiger partial charge in [0.15, 0.2) is 0 Å². The highest BCUT2D eigenvalue weighted by Crippen LogP contribution is 2.19. The average molecular weight is 271 g/mol. The normalized spacial score (nSPS) is 12.3. The number of benzene rings is 2. The van der Waals surface area contributed by atoms with Crippen molar-refractivity contribution in [2.75, 3.05) is 11.5 Å². The second-order valence-corrected chi connectivity index (χ2v) is 6.37. The standard InChI is InChI=1S/C17H21NS/c1-14(13-15-7-3-2-4-8-15)19-12-11-16-9-5-6-10-17(16)18/h2-10,14H,11-13,18H2,1H3. The summed E-state index contributed by atoms with van der Waals surface area (Å²) in [5.41, 5.74) is 9.55. The summed E-state index contributed by atoms with van der Waals surface area (Å²) in [4.78, 5) is 0. The predicted octanol–water partition coefficient (Wildman–Crippen LogP) is 4.18. The van der Waals surface area contributed by atoms with Crippen LogP contribution in [-0.2, 0) is 12.8 Å². The summed E-state index contributed by atoms with van der Waals surface area (Å²) in [6.45, 7) is 2.30. The van der Waals surface area contributed by atoms with E-state index in [0.717, 1.165) is 24.3 Å². The smallest absolute Gasteiger partial charge is 0.0346 e. The first-order valence-corrected chi connectivity index (χ1v) is 7.79. The van der Waals surface area contributed by atoms with E-state index in [-0.39, 0.29) is 0 Å². The molecule has 0 saturated heterocycles. The Balaban J connectivity index is 1.75. The number of nitrogen functional groups attached to an aromatic ring is 1. The molecule has 2 N–H and O–H groups in total. The van der Waals surface area contributed by atoms with E-state index in [1.54, 1.807) is 0 Å². The molecule has 0 amide bonds. The number of thioether (sulfide) groups is 1. The SMILES string of the molecule is CC(Cc1ccccc1)SCCc1ccccc1N. The van der Waals surface area contributed by atoms with E-state index in [1.807, 2.05) is 23.9 Å². The highest BCUT2D eigenvalue weighted by Gasteiger charge is 2.05. The van der Waals surface area contributed by atoms with E-state index in [1.165, 1.54) is 11.1 Å². The first-order valence-electron chi connectivity index (χ1n) is 6.74. The topological polar surface area (TPSA) is 26.0 Å². The number of anilines is 1. The molecule has 19 heavy (non-hydrogen) atoms. The monoisotopic (exact) mass is 271 g/mol. The zero-order valence-electron chi connectivity index (χ0n) is 11.4. The molecule has 1 unspecified atom stereocenters. The van der Waals surface area contributed by atoms with Crippen molar-refractivity contribution in [2.24, 2.45) is 0 Å². The van der Waals surface area contributed by atoms with Gasteiger partial charge in [-0.3, -0.25) is 0 Å². The third-order valence-electron chi connectivity index (χ3n) is 3.19. The van der Waals surface area contributed by atoms with Gasteiger partial charge < -0.3 is 5.73 Å². The summed E-state index contributed by atoms with van der Waals surface area (Å²) in [5.74, 6) is 1.13. The van der Waals surface area contributed by atoms with Gasteiger partial charge >= 0.3 is 0 Å². The Morgan fingerprint density at radius 2 is 1.68 bits per heavy atom. The van der Waals surface area contributed by atoms with Gasteiger partial charge in [-0.05, 0) is 35.8 Å². The Morgan fingerprint density at radius 3 is 2.42 bits per heavy atom. The minimum Gasteiger partial charge on any atom is -0.399 e. The molecular weight excluding hydrogens is 250 g/mol. The van der Waals surface area contributed by atoms with E-state index < -0.39 is 0 Å². The molecule has 2 aromatic carbocycles. The van der Waals surface area contributed by atoms with Crippen LogP contribution < -0.4 is 5.73 Å². The van der Waals surface area contributed by atoms with Gasteiger partial charge in [0.2, 0.25) is 0 Å². The van der Waals surface area contributed by atoms with Gasteiger partial charge in [0.1, 0.15) is 0 Å². The molecule has 2 heteroatoms. The van der Waals surface area contributed by atoms with Crippen molar-refractivity contribution in [1.82, 2.24) is 0 Å². The molecule has 2 rings (SSSR count). The zero-order chi connectivity index (χ0) is 13.5. The fraction of sp³-hybridized carbons (Fsp3) is 0.294. The Labute approximate surface area is 120 Å². The highest BCUT2D eigenvalue weighted by molar-refractivity contribution is 7.99. The Morgan fingerprint density at radius 1 is 1.00 bits per heavy atom. The molecule has 0 aliphatic heterocycles. The minimum atomic E-state index is 0.646. The number of rotatable bonds is 6. The van der Waals surface area contributed by atoms with Crippen molar-refractivity contribution in [2.45, 2.75) is 25.0 Å². The van der Waals surface area contributed by atoms with Crippen molar-refractivity contribution in [1.29, 1.82) is 0 Å². The number of hydrogen-bond donors (Lipinski definition) is 1. The van der Waals surface area contributed by atoms with Crippen molar-refractivity contribution >= 4 is 17.4 Å². The van der Waals surface area contributed by atoms with E-state index >= 15 is 0 Å². The highest BCUT2D eigenvalue weighted by atomic mass is 32.2. The number of hydrogen-bond acceptors (Lipinski definition) is 2. The van der Waals surface area contributed by atoms with Crippen LogP contribution in [0.4, 0.5) is 5.69 Å². The van der Waals surface area contributed by atoms with Crippen molar-refractivity contribution in [3.05, 3.63) is 65.7 Å². The predicted molar refractivity (Wildman–Crippen MR) is 86.6 cm³/mol. The molecule has 0 aromatic heterocycles. The van der Waals surface area contributed by atoms with Gasteiger partial charge in [0, 0.05) is 10.9 Å². The average Bonchev–Trinajstić information content (AvgIpc) is 2.42. The van der Waals surface area contributed by atoms with Gasteiger partial charge in [-0.1, -0.05) is 55.5 Å². The molecule has 0 heterocycles. The van der Waals surface area contributed by atoms with E-state index in [0.29, 0.717) is 5.25 Å². The van der Waals surface area contributed by atoms with E-state index in [9.17, 15) is 0 Å². The second kappa shape index (κ2) is 7.25. The molecule has 2 aromatic rings. The van der Waals surface area contributed by atoms with Crippen molar-refractivity contribution in [3.8, 4) is 0 Å². The van der Waals surface area contributed by atoms with Crippen LogP contribution in [-0.4, -0.2) is 11.0 Å². The van der Waals surface area contributed by atoms with Gasteiger partial charge in [-0.15, -0.1) is 0 Å². The summed E-state index contributed by atoms with van der Waals surface area (Å²) in [6, 6.07) is 18.8. The first kappa shape index (κ1) is 14.0. The van der Waals surface area contributed by atoms with Gasteiger partial charge in [-0.2, -0.15) is 11.8 Å². The fourth-order valence-corrected chi connectivity index (χ4v) is 3.19. The minimum absolute atomic E-state index is 0.646. The third kappa shape index (κ3) is 4.64. The molecule has 0 spiro atoms. The first-order chi connectivity index (χ1) is 9.25. The molecule has 0 aliphatic rings. The van der Waals surface area contributed by atoms with Crippen LogP contribution in [0.5, 0.6) is 0 Å². The maximum absolute atomic E-state index is 5.95. The van der Waals surface area contributed by atoms with E-state index in [2.05, 4.69) is 49.4 Å².